The quantitative estimate of drug-likeness (QED) is 0.121. The van der Waals surface area contributed by atoms with Gasteiger partial charge in [-0.15, -0.1) is 0 Å². The SMILES string of the molecule is C=NC(=NC(=NCc1ccccc1)c1ccc(-c2cccc3ccccc23)cc1)c1cccc2oc3ccc(-c4ccc(-c5ccccc5)cc4)cc3c12. The third kappa shape index (κ3) is 6.42. The van der Waals surface area contributed by atoms with E-state index in [2.05, 4.69) is 151 Å². The van der Waals surface area contributed by atoms with Crippen LogP contribution in [0.1, 0.15) is 16.7 Å². The maximum atomic E-state index is 6.39. The highest BCUT2D eigenvalue weighted by Crippen LogP contribution is 2.36. The molecule has 8 aromatic carbocycles. The fourth-order valence-electron chi connectivity index (χ4n) is 7.18. The van der Waals surface area contributed by atoms with E-state index in [4.69, 9.17) is 14.4 Å². The van der Waals surface area contributed by atoms with E-state index in [1.54, 1.807) is 0 Å². The minimum atomic E-state index is 0.473. The average molecular weight is 694 g/mol. The monoisotopic (exact) mass is 693 g/mol. The van der Waals surface area contributed by atoms with E-state index >= 15 is 0 Å². The second kappa shape index (κ2) is 14.5. The van der Waals surface area contributed by atoms with Crippen LogP contribution in [0.2, 0.25) is 0 Å². The summed E-state index contributed by atoms with van der Waals surface area (Å²) in [4.78, 5) is 14.7. The van der Waals surface area contributed by atoms with Crippen molar-refractivity contribution in [1.29, 1.82) is 0 Å². The zero-order valence-corrected chi connectivity index (χ0v) is 29.6. The van der Waals surface area contributed by atoms with Crippen LogP contribution in [-0.2, 0) is 6.54 Å². The molecule has 0 aliphatic carbocycles. The van der Waals surface area contributed by atoms with E-state index in [0.29, 0.717) is 18.2 Å². The molecule has 0 radical (unpaired) electrons. The van der Waals surface area contributed by atoms with E-state index in [-0.39, 0.29) is 0 Å². The molecule has 1 aromatic heterocycles. The van der Waals surface area contributed by atoms with Crippen molar-refractivity contribution in [3.8, 4) is 33.4 Å². The van der Waals surface area contributed by atoms with Crippen LogP contribution in [0, 0.1) is 0 Å². The van der Waals surface area contributed by atoms with Crippen molar-refractivity contribution in [3.63, 3.8) is 0 Å². The van der Waals surface area contributed by atoms with Gasteiger partial charge in [0.2, 0.25) is 0 Å². The summed E-state index contributed by atoms with van der Waals surface area (Å²) in [6.07, 6.45) is 0. The topological polar surface area (TPSA) is 50.2 Å². The maximum absolute atomic E-state index is 6.39. The first-order valence-corrected chi connectivity index (χ1v) is 18.1. The molecular formula is C50H35N3O. The molecule has 1 heterocycles. The number of aliphatic imine (C=N–C) groups is 3. The first kappa shape index (κ1) is 32.7. The van der Waals surface area contributed by atoms with E-state index in [9.17, 15) is 0 Å². The Morgan fingerprint density at radius 2 is 1.11 bits per heavy atom. The van der Waals surface area contributed by atoms with Gasteiger partial charge in [0, 0.05) is 21.9 Å². The Labute approximate surface area is 314 Å². The Hall–Kier alpha value is -7.17. The van der Waals surface area contributed by atoms with Gasteiger partial charge in [0.1, 0.15) is 11.2 Å². The molecule has 9 rings (SSSR count). The highest BCUT2D eigenvalue weighted by molar-refractivity contribution is 6.22. The molecule has 4 heteroatoms. The van der Waals surface area contributed by atoms with Crippen molar-refractivity contribution in [2.24, 2.45) is 15.0 Å². The van der Waals surface area contributed by atoms with Crippen molar-refractivity contribution in [2.75, 3.05) is 0 Å². The van der Waals surface area contributed by atoms with Gasteiger partial charge in [0.25, 0.3) is 0 Å². The van der Waals surface area contributed by atoms with Crippen molar-refractivity contribution in [1.82, 2.24) is 0 Å². The number of hydrogen-bond acceptors (Lipinski definition) is 2. The predicted octanol–water partition coefficient (Wildman–Crippen LogP) is 12.8. The Bertz CT molecular complexity index is 2830. The number of benzene rings is 8. The molecule has 0 bridgehead atoms. The van der Waals surface area contributed by atoms with Crippen molar-refractivity contribution in [2.45, 2.75) is 6.54 Å². The van der Waals surface area contributed by atoms with Gasteiger partial charge in [0.05, 0.1) is 6.54 Å². The van der Waals surface area contributed by atoms with Crippen LogP contribution in [-0.4, -0.2) is 18.4 Å². The minimum absolute atomic E-state index is 0.473. The van der Waals surface area contributed by atoms with Crippen LogP contribution >= 0.6 is 0 Å². The molecule has 0 aliphatic rings. The normalized spacial score (nSPS) is 12.1. The summed E-state index contributed by atoms with van der Waals surface area (Å²) in [6, 6.07) is 65.0. The van der Waals surface area contributed by atoms with Gasteiger partial charge in [-0.3, -0.25) is 4.99 Å². The molecule has 0 saturated heterocycles. The highest BCUT2D eigenvalue weighted by atomic mass is 16.3. The number of rotatable bonds is 7. The third-order valence-corrected chi connectivity index (χ3v) is 9.92. The van der Waals surface area contributed by atoms with E-state index < -0.39 is 0 Å². The molecule has 0 saturated carbocycles. The lowest BCUT2D eigenvalue weighted by atomic mass is 9.97. The maximum Gasteiger partial charge on any atom is 0.161 e. The number of hydrogen-bond donors (Lipinski definition) is 0. The molecule has 0 aliphatic heterocycles. The molecule has 54 heavy (non-hydrogen) atoms. The van der Waals surface area contributed by atoms with Crippen molar-refractivity contribution < 1.29 is 4.42 Å². The van der Waals surface area contributed by atoms with Gasteiger partial charge in [-0.25, -0.2) is 9.98 Å². The largest absolute Gasteiger partial charge is 0.456 e. The summed E-state index contributed by atoms with van der Waals surface area (Å²) in [5.74, 6) is 1.06. The summed E-state index contributed by atoms with van der Waals surface area (Å²) in [5, 5.41) is 4.36. The number of furan rings is 1. The molecule has 0 fully saturated rings. The first-order chi connectivity index (χ1) is 26.7. The zero-order chi connectivity index (χ0) is 36.3. The van der Waals surface area contributed by atoms with Gasteiger partial charge in [-0.2, -0.15) is 0 Å². The molecule has 0 spiro atoms. The van der Waals surface area contributed by atoms with Crippen LogP contribution in [0.3, 0.4) is 0 Å². The van der Waals surface area contributed by atoms with E-state index in [1.165, 1.54) is 27.5 Å². The van der Waals surface area contributed by atoms with Crippen molar-refractivity contribution >= 4 is 51.1 Å². The summed E-state index contributed by atoms with van der Waals surface area (Å²) < 4.78 is 6.39. The Balaban J connectivity index is 1.12. The number of nitrogens with zero attached hydrogens (tertiary/aromatic N) is 3. The lowest BCUT2D eigenvalue weighted by Crippen LogP contribution is -2.06. The minimum Gasteiger partial charge on any atom is -0.456 e. The smallest absolute Gasteiger partial charge is 0.161 e. The van der Waals surface area contributed by atoms with Gasteiger partial charge < -0.3 is 4.42 Å². The summed E-state index contributed by atoms with van der Waals surface area (Å²) in [7, 11) is 0. The van der Waals surface area contributed by atoms with Crippen LogP contribution in [0.5, 0.6) is 0 Å². The van der Waals surface area contributed by atoms with E-state index in [1.807, 2.05) is 48.5 Å². The van der Waals surface area contributed by atoms with Gasteiger partial charge in [-0.1, -0.05) is 170 Å². The number of fused-ring (bicyclic) bond motifs is 4. The number of amidine groups is 2. The molecule has 256 valence electrons. The molecule has 0 N–H and O–H groups in total. The molecule has 4 nitrogen and oxygen atoms in total. The summed E-state index contributed by atoms with van der Waals surface area (Å²) in [5.41, 5.74) is 11.3. The summed E-state index contributed by atoms with van der Waals surface area (Å²) in [6.45, 7) is 4.46. The molecule has 0 atom stereocenters. The molecule has 0 unspecified atom stereocenters. The molecular weight excluding hydrogens is 659 g/mol. The van der Waals surface area contributed by atoms with Gasteiger partial charge in [0.15, 0.2) is 11.7 Å². The average Bonchev–Trinajstić information content (AvgIpc) is 3.63. The van der Waals surface area contributed by atoms with Gasteiger partial charge in [-0.05, 0) is 74.6 Å². The first-order valence-electron chi connectivity index (χ1n) is 18.1. The second-order valence-corrected chi connectivity index (χ2v) is 13.3. The lowest BCUT2D eigenvalue weighted by Gasteiger charge is -2.10. The Kier molecular flexibility index (Phi) is 8.76. The summed E-state index contributed by atoms with van der Waals surface area (Å²) >= 11 is 0. The van der Waals surface area contributed by atoms with Crippen LogP contribution in [0.25, 0.3) is 66.1 Å². The fraction of sp³-hybridized carbons (Fsp3) is 0.0200. The third-order valence-electron chi connectivity index (χ3n) is 9.92. The Morgan fingerprint density at radius 3 is 1.89 bits per heavy atom. The van der Waals surface area contributed by atoms with Crippen molar-refractivity contribution in [3.05, 3.63) is 205 Å². The Morgan fingerprint density at radius 1 is 0.481 bits per heavy atom. The van der Waals surface area contributed by atoms with Crippen LogP contribution in [0.4, 0.5) is 0 Å². The van der Waals surface area contributed by atoms with Gasteiger partial charge >= 0.3 is 0 Å². The fourth-order valence-corrected chi connectivity index (χ4v) is 7.18. The highest BCUT2D eigenvalue weighted by Gasteiger charge is 2.17. The standard InChI is InChI=1S/C50H35N3O/c1-51-50(44-20-11-21-47-48(44)45-32-41(30-31-46(45)54-47)37-24-22-36(23-25-37)35-14-6-3-7-15-35)53-49(52-33-34-12-4-2-5-13-34)40-28-26-39(27-29-40)43-19-10-17-38-16-8-9-18-42(38)43/h2-32H,1,33H2. The predicted molar refractivity (Wildman–Crippen MR) is 227 cm³/mol. The zero-order valence-electron chi connectivity index (χ0n) is 29.6. The molecule has 0 amide bonds. The second-order valence-electron chi connectivity index (χ2n) is 13.3. The van der Waals surface area contributed by atoms with Crippen LogP contribution < -0.4 is 0 Å². The van der Waals surface area contributed by atoms with E-state index in [0.717, 1.165) is 55.3 Å². The lowest BCUT2D eigenvalue weighted by molar-refractivity contribution is 0.669. The van der Waals surface area contributed by atoms with Crippen LogP contribution in [0.15, 0.2) is 207 Å². The molecule has 9 aromatic rings.